The van der Waals surface area contributed by atoms with E-state index in [-0.39, 0.29) is 17.6 Å². The van der Waals surface area contributed by atoms with Crippen LogP contribution in [0.5, 0.6) is 0 Å². The molecule has 0 spiro atoms. The van der Waals surface area contributed by atoms with Gasteiger partial charge in [0.15, 0.2) is 0 Å². The lowest BCUT2D eigenvalue weighted by atomic mass is 10.2. The molecule has 0 aliphatic heterocycles. The second-order valence-electron chi connectivity index (χ2n) is 6.66. The zero-order chi connectivity index (χ0) is 22.9. The molecule has 11 heteroatoms. The van der Waals surface area contributed by atoms with E-state index in [4.69, 9.17) is 5.84 Å². The monoisotopic (exact) mass is 516 g/mol. The topological polar surface area (TPSA) is 113 Å². The fourth-order valence-corrected chi connectivity index (χ4v) is 3.93. The van der Waals surface area contributed by atoms with E-state index < -0.39 is 0 Å². The summed E-state index contributed by atoms with van der Waals surface area (Å²) in [5.74, 6) is 6.26. The number of halogens is 1. The van der Waals surface area contributed by atoms with Crippen molar-refractivity contribution in [2.24, 2.45) is 5.10 Å². The lowest BCUT2D eigenvalue weighted by Crippen LogP contribution is -2.21. The highest BCUT2D eigenvalue weighted by Gasteiger charge is 2.12. The molecular weight excluding hydrogens is 492 g/mol. The number of amides is 1. The first-order valence-corrected chi connectivity index (χ1v) is 11.8. The second-order valence-corrected chi connectivity index (χ2v) is 8.52. The van der Waals surface area contributed by atoms with Crippen LogP contribution in [-0.2, 0) is 4.79 Å². The summed E-state index contributed by atoms with van der Waals surface area (Å²) in [5.41, 5.74) is 5.60. The number of hydrazone groups is 1. The number of hydrogen-bond donors (Lipinski definition) is 3. The van der Waals surface area contributed by atoms with Crippen LogP contribution in [0, 0.1) is 0 Å². The summed E-state index contributed by atoms with van der Waals surface area (Å²) >= 11 is 4.56. The Balaban J connectivity index is 1.51. The average molecular weight is 517 g/mol. The van der Waals surface area contributed by atoms with Crippen molar-refractivity contribution < 1.29 is 4.79 Å². The number of carbonyl (C=O) groups is 1. The molecule has 0 aliphatic carbocycles. The number of anilines is 3. The van der Waals surface area contributed by atoms with Crippen LogP contribution in [0.1, 0.15) is 19.4 Å². The van der Waals surface area contributed by atoms with Crippen molar-refractivity contribution in [1.29, 1.82) is 0 Å². The van der Waals surface area contributed by atoms with Crippen molar-refractivity contribution in [3.05, 3.63) is 58.6 Å². The Hall–Kier alpha value is -3.05. The molecule has 0 bridgehead atoms. The maximum atomic E-state index is 12.2. The summed E-state index contributed by atoms with van der Waals surface area (Å²) in [7, 11) is 0. The third kappa shape index (κ3) is 6.47. The van der Waals surface area contributed by atoms with Gasteiger partial charge in [0, 0.05) is 28.9 Å². The number of carbonyl (C=O) groups excluding carboxylic acids is 1. The second kappa shape index (κ2) is 11.5. The Labute approximate surface area is 199 Å². The van der Waals surface area contributed by atoms with Crippen LogP contribution in [0.15, 0.2) is 63.3 Å². The van der Waals surface area contributed by atoms with Crippen LogP contribution in [0.4, 0.5) is 17.3 Å². The first-order valence-electron chi connectivity index (χ1n) is 10.0. The van der Waals surface area contributed by atoms with Crippen LogP contribution < -0.4 is 21.5 Å². The number of thioether (sulfide) groups is 1. The van der Waals surface area contributed by atoms with Gasteiger partial charge in [-0.2, -0.15) is 5.10 Å². The van der Waals surface area contributed by atoms with Gasteiger partial charge in [-0.15, -0.1) is 10.2 Å². The molecule has 1 amide bonds. The minimum atomic E-state index is -0.170. The number of nitrogens with two attached hydrogens (primary N) is 1. The Morgan fingerprint density at radius 1 is 1.22 bits per heavy atom. The van der Waals surface area contributed by atoms with Gasteiger partial charge in [-0.05, 0) is 49.7 Å². The molecule has 3 rings (SSSR count). The van der Waals surface area contributed by atoms with Gasteiger partial charge in [0.25, 0.3) is 5.95 Å². The fraction of sp³-hybridized carbons (Fsp3) is 0.238. The Morgan fingerprint density at radius 3 is 2.66 bits per heavy atom. The molecule has 0 saturated carbocycles. The number of nitrogens with zero attached hydrogens (tertiary/aromatic N) is 5. The number of benzene rings is 2. The SMILES string of the molecule is CCN(CC)c1ccc(/C=N/Nc2nnc(SCC(=O)Nc3cccc(Br)c3)n2N)cc1. The predicted octanol–water partition coefficient (Wildman–Crippen LogP) is 3.78. The quantitative estimate of drug-likeness (QED) is 0.162. The van der Waals surface area contributed by atoms with Gasteiger partial charge in [-0.3, -0.25) is 4.79 Å². The summed E-state index contributed by atoms with van der Waals surface area (Å²) in [6.45, 7) is 6.19. The van der Waals surface area contributed by atoms with Gasteiger partial charge in [-0.1, -0.05) is 45.9 Å². The van der Waals surface area contributed by atoms with E-state index in [9.17, 15) is 4.79 Å². The predicted molar refractivity (Wildman–Crippen MR) is 135 cm³/mol. The van der Waals surface area contributed by atoms with Crippen molar-refractivity contribution in [3.8, 4) is 0 Å². The molecule has 3 aromatic rings. The Kier molecular flexibility index (Phi) is 8.51. The van der Waals surface area contributed by atoms with Gasteiger partial charge in [0.1, 0.15) is 0 Å². The van der Waals surface area contributed by atoms with Crippen molar-refractivity contribution in [2.45, 2.75) is 19.0 Å². The smallest absolute Gasteiger partial charge is 0.264 e. The van der Waals surface area contributed by atoms with Gasteiger partial charge in [0.05, 0.1) is 12.0 Å². The Bertz CT molecular complexity index is 1070. The summed E-state index contributed by atoms with van der Waals surface area (Å²) in [6.07, 6.45) is 1.68. The van der Waals surface area contributed by atoms with Gasteiger partial charge >= 0.3 is 0 Å². The molecule has 1 aromatic heterocycles. The normalized spacial score (nSPS) is 11.0. The number of hydrogen-bond acceptors (Lipinski definition) is 8. The van der Waals surface area contributed by atoms with E-state index >= 15 is 0 Å². The van der Waals surface area contributed by atoms with Crippen LogP contribution in [0.25, 0.3) is 0 Å². The summed E-state index contributed by atoms with van der Waals surface area (Å²) in [4.78, 5) is 14.4. The summed E-state index contributed by atoms with van der Waals surface area (Å²) in [5, 5.41) is 15.4. The number of nitrogen functional groups attached to an aromatic ring is 1. The maximum absolute atomic E-state index is 12.2. The number of aromatic nitrogens is 3. The molecule has 168 valence electrons. The third-order valence-corrected chi connectivity index (χ3v) is 5.94. The van der Waals surface area contributed by atoms with E-state index in [1.165, 1.54) is 22.1 Å². The highest BCUT2D eigenvalue weighted by Crippen LogP contribution is 2.19. The summed E-state index contributed by atoms with van der Waals surface area (Å²) in [6, 6.07) is 15.5. The third-order valence-electron chi connectivity index (χ3n) is 4.51. The fourth-order valence-electron chi connectivity index (χ4n) is 2.87. The van der Waals surface area contributed by atoms with Crippen LogP contribution in [-0.4, -0.2) is 45.8 Å². The lowest BCUT2D eigenvalue weighted by molar-refractivity contribution is -0.113. The zero-order valence-electron chi connectivity index (χ0n) is 17.8. The van der Waals surface area contributed by atoms with E-state index in [0.717, 1.165) is 23.1 Å². The molecule has 0 atom stereocenters. The number of nitrogens with one attached hydrogen (secondary N) is 2. The number of rotatable bonds is 10. The van der Waals surface area contributed by atoms with Crippen molar-refractivity contribution in [1.82, 2.24) is 14.9 Å². The van der Waals surface area contributed by atoms with Crippen molar-refractivity contribution >= 4 is 57.1 Å². The minimum Gasteiger partial charge on any atom is -0.372 e. The molecule has 9 nitrogen and oxygen atoms in total. The van der Waals surface area contributed by atoms with E-state index in [1.54, 1.807) is 6.21 Å². The van der Waals surface area contributed by atoms with E-state index in [1.807, 2.05) is 36.4 Å². The minimum absolute atomic E-state index is 0.143. The first-order chi connectivity index (χ1) is 15.5. The Morgan fingerprint density at radius 2 is 1.97 bits per heavy atom. The van der Waals surface area contributed by atoms with Gasteiger partial charge in [-0.25, -0.2) is 10.1 Å². The molecule has 1 heterocycles. The van der Waals surface area contributed by atoms with Crippen molar-refractivity contribution in [2.75, 3.05) is 40.3 Å². The summed E-state index contributed by atoms with van der Waals surface area (Å²) < 4.78 is 2.15. The molecule has 0 saturated heterocycles. The molecule has 4 N–H and O–H groups in total. The molecule has 0 unspecified atom stereocenters. The highest BCUT2D eigenvalue weighted by molar-refractivity contribution is 9.10. The molecule has 0 aliphatic rings. The van der Waals surface area contributed by atoms with Crippen LogP contribution >= 0.6 is 27.7 Å². The zero-order valence-corrected chi connectivity index (χ0v) is 20.2. The van der Waals surface area contributed by atoms with Crippen molar-refractivity contribution in [3.63, 3.8) is 0 Å². The van der Waals surface area contributed by atoms with E-state index in [0.29, 0.717) is 10.8 Å². The molecule has 32 heavy (non-hydrogen) atoms. The molecule has 2 aromatic carbocycles. The highest BCUT2D eigenvalue weighted by atomic mass is 79.9. The standard InChI is InChI=1S/C21H25BrN8OS/c1-3-29(4-2)18-10-8-15(9-11-18)13-24-26-20-27-28-21(30(20)23)32-14-19(31)25-17-7-5-6-16(22)12-17/h5-13H,3-4,14,23H2,1-2H3,(H,25,31)(H,26,27)/b24-13+. The maximum Gasteiger partial charge on any atom is 0.264 e. The molecule has 0 radical (unpaired) electrons. The van der Waals surface area contributed by atoms with E-state index in [2.05, 4.69) is 72.9 Å². The largest absolute Gasteiger partial charge is 0.372 e. The lowest BCUT2D eigenvalue weighted by Gasteiger charge is -2.20. The van der Waals surface area contributed by atoms with Crippen LogP contribution in [0.2, 0.25) is 0 Å². The van der Waals surface area contributed by atoms with Gasteiger partial charge < -0.3 is 16.1 Å². The first kappa shape index (κ1) is 23.6. The average Bonchev–Trinajstić information content (AvgIpc) is 3.13. The van der Waals surface area contributed by atoms with Crippen LogP contribution in [0.3, 0.4) is 0 Å². The van der Waals surface area contributed by atoms with Gasteiger partial charge in [0.2, 0.25) is 11.1 Å². The molecule has 0 fully saturated rings. The molecular formula is C21H25BrN8OS.